The quantitative estimate of drug-likeness (QED) is 0.284. The second kappa shape index (κ2) is 11.5. The van der Waals surface area contributed by atoms with Crippen LogP contribution in [0.1, 0.15) is 35.8 Å². The fourth-order valence-electron chi connectivity index (χ4n) is 4.04. The highest BCUT2D eigenvalue weighted by Crippen LogP contribution is 2.33. The van der Waals surface area contributed by atoms with Gasteiger partial charge in [-0.2, -0.15) is 0 Å². The smallest absolute Gasteiger partial charge is 0.191 e. The van der Waals surface area contributed by atoms with E-state index < -0.39 is 0 Å². The molecule has 2 unspecified atom stereocenters. The minimum Gasteiger partial charge on any atom is -0.373 e. The number of nitrogens with one attached hydrogen (secondary N) is 2. The van der Waals surface area contributed by atoms with Gasteiger partial charge in [-0.15, -0.1) is 24.0 Å². The molecule has 0 radical (unpaired) electrons. The number of hydrogen-bond donors (Lipinski definition) is 2. The highest BCUT2D eigenvalue weighted by atomic mass is 127. The summed E-state index contributed by atoms with van der Waals surface area (Å²) >= 11 is 0. The number of nitrogens with zero attached hydrogens (tertiary/aromatic N) is 3. The molecule has 3 aromatic rings. The Morgan fingerprint density at radius 1 is 1.19 bits per heavy atom. The number of hydrogen-bond acceptors (Lipinski definition) is 3. The van der Waals surface area contributed by atoms with Crippen LogP contribution in [0.25, 0.3) is 5.65 Å². The molecular formula is C24H32IN5O. The highest BCUT2D eigenvalue weighted by molar-refractivity contribution is 14.0. The van der Waals surface area contributed by atoms with Crippen molar-refractivity contribution < 1.29 is 4.74 Å². The molecule has 2 aromatic heterocycles. The van der Waals surface area contributed by atoms with Crippen LogP contribution >= 0.6 is 24.0 Å². The number of aromatic nitrogens is 2. The lowest BCUT2D eigenvalue weighted by atomic mass is 9.89. The summed E-state index contributed by atoms with van der Waals surface area (Å²) in [5.74, 6) is 1.26. The minimum absolute atomic E-state index is 0. The van der Waals surface area contributed by atoms with Crippen LogP contribution in [0.3, 0.4) is 0 Å². The lowest BCUT2D eigenvalue weighted by molar-refractivity contribution is -0.0265. The number of ether oxygens (including phenoxy) is 1. The van der Waals surface area contributed by atoms with Gasteiger partial charge in [-0.25, -0.2) is 4.98 Å². The molecule has 6 nitrogen and oxygen atoms in total. The van der Waals surface area contributed by atoms with E-state index in [0.717, 1.165) is 56.3 Å². The molecule has 31 heavy (non-hydrogen) atoms. The summed E-state index contributed by atoms with van der Waals surface area (Å²) < 4.78 is 8.19. The van der Waals surface area contributed by atoms with Gasteiger partial charge >= 0.3 is 0 Å². The Kier molecular flexibility index (Phi) is 8.71. The summed E-state index contributed by atoms with van der Waals surface area (Å²) in [5.41, 5.74) is 4.60. The summed E-state index contributed by atoms with van der Waals surface area (Å²) in [4.78, 5) is 9.03. The molecular weight excluding hydrogens is 501 g/mol. The predicted molar refractivity (Wildman–Crippen MR) is 136 cm³/mol. The van der Waals surface area contributed by atoms with Gasteiger partial charge < -0.3 is 19.8 Å². The molecule has 4 rings (SSSR count). The van der Waals surface area contributed by atoms with E-state index in [4.69, 9.17) is 4.74 Å². The van der Waals surface area contributed by atoms with Gasteiger partial charge in [0.05, 0.1) is 11.8 Å². The summed E-state index contributed by atoms with van der Waals surface area (Å²) in [6, 6.07) is 14.8. The minimum atomic E-state index is 0. The van der Waals surface area contributed by atoms with Crippen molar-refractivity contribution in [2.24, 2.45) is 10.9 Å². The van der Waals surface area contributed by atoms with Gasteiger partial charge in [0.25, 0.3) is 0 Å². The molecule has 2 atom stereocenters. The average molecular weight is 533 g/mol. The molecule has 1 aliphatic rings. The first-order valence-corrected chi connectivity index (χ1v) is 10.8. The molecule has 0 amide bonds. The van der Waals surface area contributed by atoms with Gasteiger partial charge in [-0.05, 0) is 37.5 Å². The first kappa shape index (κ1) is 23.5. The van der Waals surface area contributed by atoms with Gasteiger partial charge in [0.15, 0.2) is 5.96 Å². The normalized spacial score (nSPS) is 19.1. The third kappa shape index (κ3) is 6.20. The summed E-state index contributed by atoms with van der Waals surface area (Å²) in [6.07, 6.45) is 7.36. The van der Waals surface area contributed by atoms with Crippen LogP contribution in [0.15, 0.2) is 59.9 Å². The molecule has 166 valence electrons. The van der Waals surface area contributed by atoms with E-state index in [9.17, 15) is 0 Å². The van der Waals surface area contributed by atoms with Crippen molar-refractivity contribution in [3.63, 3.8) is 0 Å². The van der Waals surface area contributed by atoms with Crippen molar-refractivity contribution in [1.82, 2.24) is 20.0 Å². The third-order valence-corrected chi connectivity index (χ3v) is 5.69. The van der Waals surface area contributed by atoms with Crippen LogP contribution in [0.4, 0.5) is 0 Å². The van der Waals surface area contributed by atoms with Gasteiger partial charge in [-0.3, -0.25) is 4.99 Å². The van der Waals surface area contributed by atoms with E-state index in [1.165, 1.54) is 11.1 Å². The molecule has 0 bridgehead atoms. The largest absolute Gasteiger partial charge is 0.373 e. The van der Waals surface area contributed by atoms with E-state index in [2.05, 4.69) is 62.4 Å². The van der Waals surface area contributed by atoms with Crippen LogP contribution in [0.2, 0.25) is 0 Å². The third-order valence-electron chi connectivity index (χ3n) is 5.69. The first-order valence-electron chi connectivity index (χ1n) is 10.8. The fourth-order valence-corrected chi connectivity index (χ4v) is 4.04. The van der Waals surface area contributed by atoms with E-state index in [0.29, 0.717) is 5.92 Å². The number of guanidine groups is 1. The molecule has 1 fully saturated rings. The molecule has 7 heteroatoms. The molecule has 2 N–H and O–H groups in total. The summed E-state index contributed by atoms with van der Waals surface area (Å²) in [7, 11) is 1.81. The molecule has 3 heterocycles. The molecule has 1 aliphatic heterocycles. The van der Waals surface area contributed by atoms with Gasteiger partial charge in [0, 0.05) is 51.5 Å². The van der Waals surface area contributed by atoms with Gasteiger partial charge in [-0.1, -0.05) is 35.9 Å². The maximum atomic E-state index is 6.14. The number of imidazole rings is 1. The van der Waals surface area contributed by atoms with E-state index in [-0.39, 0.29) is 30.1 Å². The SMILES string of the molecule is CN=C(NCCc1cn2ccccc2n1)NCC1CCCOC1c1ccc(C)cc1.I. The van der Waals surface area contributed by atoms with Crippen molar-refractivity contribution in [2.75, 3.05) is 26.7 Å². The lowest BCUT2D eigenvalue weighted by Gasteiger charge is -2.32. The molecule has 1 saturated heterocycles. The second-order valence-corrected chi connectivity index (χ2v) is 7.93. The number of aliphatic imine (C=N–C) groups is 1. The highest BCUT2D eigenvalue weighted by Gasteiger charge is 2.27. The fraction of sp³-hybridized carbons (Fsp3) is 0.417. The van der Waals surface area contributed by atoms with Crippen molar-refractivity contribution in [2.45, 2.75) is 32.3 Å². The topological polar surface area (TPSA) is 63.0 Å². The average Bonchev–Trinajstić information content (AvgIpc) is 3.20. The predicted octanol–water partition coefficient (Wildman–Crippen LogP) is 4.14. The Labute approximate surface area is 201 Å². The van der Waals surface area contributed by atoms with Crippen LogP contribution in [0.5, 0.6) is 0 Å². The lowest BCUT2D eigenvalue weighted by Crippen LogP contribution is -2.42. The second-order valence-electron chi connectivity index (χ2n) is 7.93. The number of fused-ring (bicyclic) bond motifs is 1. The molecule has 0 saturated carbocycles. The maximum absolute atomic E-state index is 6.14. The number of aryl methyl sites for hydroxylation is 1. The monoisotopic (exact) mass is 533 g/mol. The summed E-state index contributed by atoms with van der Waals surface area (Å²) in [6.45, 7) is 4.58. The molecule has 1 aromatic carbocycles. The van der Waals surface area contributed by atoms with Crippen LogP contribution < -0.4 is 10.6 Å². The number of benzene rings is 1. The van der Waals surface area contributed by atoms with E-state index in [1.807, 2.05) is 31.4 Å². The van der Waals surface area contributed by atoms with Crippen molar-refractivity contribution >= 4 is 35.6 Å². The zero-order chi connectivity index (χ0) is 20.8. The molecule has 0 spiro atoms. The number of rotatable bonds is 6. The zero-order valence-corrected chi connectivity index (χ0v) is 20.6. The zero-order valence-electron chi connectivity index (χ0n) is 18.3. The standard InChI is InChI=1S/C24H31N5O.HI/c1-18-8-10-19(11-9-18)23-20(6-5-15-30-23)16-27-24(25-2)26-13-12-21-17-29-14-4-3-7-22(29)28-21;/h3-4,7-11,14,17,20,23H,5-6,12-13,15-16H2,1-2H3,(H2,25,26,27);1H. The summed E-state index contributed by atoms with van der Waals surface area (Å²) in [5, 5.41) is 6.91. The van der Waals surface area contributed by atoms with Crippen LogP contribution in [-0.4, -0.2) is 42.1 Å². The number of pyridine rings is 1. The Balaban J connectivity index is 0.00000272. The first-order chi connectivity index (χ1) is 14.7. The van der Waals surface area contributed by atoms with Crippen LogP contribution in [0, 0.1) is 12.8 Å². The van der Waals surface area contributed by atoms with Crippen molar-refractivity contribution in [3.8, 4) is 0 Å². The number of halogens is 1. The Bertz CT molecular complexity index is 952. The van der Waals surface area contributed by atoms with E-state index in [1.54, 1.807) is 0 Å². The van der Waals surface area contributed by atoms with Crippen molar-refractivity contribution in [1.29, 1.82) is 0 Å². The van der Waals surface area contributed by atoms with E-state index >= 15 is 0 Å². The Morgan fingerprint density at radius 2 is 2.03 bits per heavy atom. The van der Waals surface area contributed by atoms with Crippen LogP contribution in [-0.2, 0) is 11.2 Å². The molecule has 0 aliphatic carbocycles. The Morgan fingerprint density at radius 3 is 2.81 bits per heavy atom. The van der Waals surface area contributed by atoms with Gasteiger partial charge in [0.2, 0.25) is 0 Å². The maximum Gasteiger partial charge on any atom is 0.191 e. The Hall–Kier alpha value is -2.13. The van der Waals surface area contributed by atoms with Crippen molar-refractivity contribution in [3.05, 3.63) is 71.7 Å². The van der Waals surface area contributed by atoms with Gasteiger partial charge in [0.1, 0.15) is 5.65 Å².